The lowest BCUT2D eigenvalue weighted by Crippen LogP contribution is -2.22. The molecule has 0 aliphatic rings. The molecule has 114 valence electrons. The highest BCUT2D eigenvalue weighted by molar-refractivity contribution is 7.18. The molecular formula is C14H27N2OP3. The van der Waals surface area contributed by atoms with E-state index in [9.17, 15) is 5.11 Å². The molecule has 20 heavy (non-hydrogen) atoms. The fourth-order valence-corrected chi connectivity index (χ4v) is 3.13. The Kier molecular flexibility index (Phi) is 6.52. The van der Waals surface area contributed by atoms with Crippen molar-refractivity contribution in [1.29, 1.82) is 0 Å². The molecule has 3 unspecified atom stereocenters. The van der Waals surface area contributed by atoms with Crippen LogP contribution in [0.3, 0.4) is 0 Å². The van der Waals surface area contributed by atoms with E-state index in [1.165, 1.54) is 5.56 Å². The molecular weight excluding hydrogens is 305 g/mol. The summed E-state index contributed by atoms with van der Waals surface area (Å²) >= 11 is 0. The van der Waals surface area contributed by atoms with Crippen LogP contribution in [0.5, 0.6) is 5.75 Å². The van der Waals surface area contributed by atoms with Gasteiger partial charge < -0.3 is 14.9 Å². The summed E-state index contributed by atoms with van der Waals surface area (Å²) < 4.78 is 0. The number of nitrogens with zero attached hydrogens (tertiary/aromatic N) is 2. The van der Waals surface area contributed by atoms with Crippen LogP contribution in [0.1, 0.15) is 26.3 Å². The third kappa shape index (κ3) is 3.97. The molecule has 1 rings (SSSR count). The molecule has 0 radical (unpaired) electrons. The van der Waals surface area contributed by atoms with Gasteiger partial charge in [0.1, 0.15) is 0 Å². The van der Waals surface area contributed by atoms with Crippen LogP contribution < -0.4 is 9.80 Å². The standard InChI is InChI=1S/C14H27N2OP3/c1-14(2,3)10-5-11(15(4)7-18)13(17)12(6-10)16(8-19)9-20/h5-6,17H,7-9,18-20H2,1-4H3. The Hall–Kier alpha value is -0.0900. The van der Waals surface area contributed by atoms with Gasteiger partial charge in [0, 0.05) is 25.9 Å². The van der Waals surface area contributed by atoms with Crippen molar-refractivity contribution in [2.45, 2.75) is 26.2 Å². The molecule has 0 aliphatic heterocycles. The van der Waals surface area contributed by atoms with Gasteiger partial charge in [0.15, 0.2) is 5.75 Å². The van der Waals surface area contributed by atoms with Crippen molar-refractivity contribution in [3.63, 3.8) is 0 Å². The van der Waals surface area contributed by atoms with Crippen LogP contribution in [0.15, 0.2) is 12.1 Å². The van der Waals surface area contributed by atoms with Gasteiger partial charge in [-0.3, -0.25) is 0 Å². The SMILES string of the molecule is CN(CP)c1cc(C(C)(C)C)cc(N(CP)CP)c1O. The Morgan fingerprint density at radius 2 is 1.50 bits per heavy atom. The number of anilines is 2. The van der Waals surface area contributed by atoms with Crippen molar-refractivity contribution in [3.05, 3.63) is 17.7 Å². The van der Waals surface area contributed by atoms with Crippen molar-refractivity contribution in [2.75, 3.05) is 35.7 Å². The summed E-state index contributed by atoms with van der Waals surface area (Å²) in [5.74, 6) is 0.354. The summed E-state index contributed by atoms with van der Waals surface area (Å²) in [4.78, 5) is 4.17. The number of benzene rings is 1. The van der Waals surface area contributed by atoms with Crippen molar-refractivity contribution in [1.82, 2.24) is 0 Å². The predicted molar refractivity (Wildman–Crippen MR) is 101 cm³/mol. The molecule has 0 fully saturated rings. The lowest BCUT2D eigenvalue weighted by molar-refractivity contribution is 0.474. The number of aromatic hydroxyl groups is 1. The van der Waals surface area contributed by atoms with Crippen LogP contribution in [0.2, 0.25) is 0 Å². The first kappa shape index (κ1) is 18.0. The van der Waals surface area contributed by atoms with E-state index in [0.717, 1.165) is 30.2 Å². The van der Waals surface area contributed by atoms with Gasteiger partial charge in [-0.2, -0.15) is 0 Å². The van der Waals surface area contributed by atoms with Crippen LogP contribution in [-0.4, -0.2) is 31.0 Å². The monoisotopic (exact) mass is 332 g/mol. The molecule has 0 spiro atoms. The molecule has 1 aromatic carbocycles. The number of rotatable bonds is 5. The molecule has 0 aliphatic carbocycles. The van der Waals surface area contributed by atoms with Crippen LogP contribution in [0, 0.1) is 0 Å². The van der Waals surface area contributed by atoms with E-state index in [2.05, 4.69) is 65.5 Å². The average Bonchev–Trinajstić information content (AvgIpc) is 2.39. The summed E-state index contributed by atoms with van der Waals surface area (Å²) in [6, 6.07) is 4.19. The van der Waals surface area contributed by atoms with Crippen molar-refractivity contribution < 1.29 is 5.11 Å². The Balaban J connectivity index is 3.50. The molecule has 0 bridgehead atoms. The van der Waals surface area contributed by atoms with E-state index in [1.54, 1.807) is 0 Å². The minimum Gasteiger partial charge on any atom is -0.504 e. The van der Waals surface area contributed by atoms with Gasteiger partial charge in [0.2, 0.25) is 0 Å². The van der Waals surface area contributed by atoms with Crippen LogP contribution in [0.4, 0.5) is 11.4 Å². The fraction of sp³-hybridized carbons (Fsp3) is 0.571. The lowest BCUT2D eigenvalue weighted by Gasteiger charge is -2.30. The normalized spacial score (nSPS) is 11.6. The minimum absolute atomic E-state index is 0.0480. The van der Waals surface area contributed by atoms with Crippen LogP contribution >= 0.6 is 27.7 Å². The van der Waals surface area contributed by atoms with E-state index in [1.807, 2.05) is 11.9 Å². The predicted octanol–water partition coefficient (Wildman–Crippen LogP) is 3.43. The molecule has 3 atom stereocenters. The largest absolute Gasteiger partial charge is 0.504 e. The molecule has 3 nitrogen and oxygen atoms in total. The Bertz CT molecular complexity index is 456. The van der Waals surface area contributed by atoms with Crippen molar-refractivity contribution in [3.8, 4) is 5.75 Å². The third-order valence-electron chi connectivity index (χ3n) is 3.40. The van der Waals surface area contributed by atoms with E-state index in [0.29, 0.717) is 5.75 Å². The summed E-state index contributed by atoms with van der Waals surface area (Å²) in [5, 5.41) is 10.6. The Morgan fingerprint density at radius 3 is 1.90 bits per heavy atom. The van der Waals surface area contributed by atoms with Crippen LogP contribution in [-0.2, 0) is 5.41 Å². The summed E-state index contributed by atoms with van der Waals surface area (Å²) in [5.41, 5.74) is 3.05. The number of phenols is 1. The summed E-state index contributed by atoms with van der Waals surface area (Å²) in [6.45, 7) is 6.58. The first-order chi connectivity index (χ1) is 9.26. The maximum Gasteiger partial charge on any atom is 0.162 e. The number of hydrogen-bond acceptors (Lipinski definition) is 3. The van der Waals surface area contributed by atoms with Gasteiger partial charge >= 0.3 is 0 Å². The highest BCUT2D eigenvalue weighted by Gasteiger charge is 2.21. The highest BCUT2D eigenvalue weighted by atomic mass is 31.0. The Labute approximate surface area is 130 Å². The molecule has 1 N–H and O–H groups in total. The van der Waals surface area contributed by atoms with Crippen LogP contribution in [0.25, 0.3) is 0 Å². The van der Waals surface area contributed by atoms with E-state index in [4.69, 9.17) is 0 Å². The second kappa shape index (κ2) is 7.26. The van der Waals surface area contributed by atoms with Crippen molar-refractivity contribution >= 4 is 39.1 Å². The Morgan fingerprint density at radius 1 is 1.00 bits per heavy atom. The molecule has 0 saturated heterocycles. The molecule has 0 amide bonds. The van der Waals surface area contributed by atoms with Gasteiger partial charge in [-0.25, -0.2) is 0 Å². The first-order valence-electron chi connectivity index (χ1n) is 6.70. The zero-order valence-electron chi connectivity index (χ0n) is 12.8. The first-order valence-corrected chi connectivity index (χ1v) is 9.15. The van der Waals surface area contributed by atoms with E-state index in [-0.39, 0.29) is 5.41 Å². The smallest absolute Gasteiger partial charge is 0.162 e. The topological polar surface area (TPSA) is 26.7 Å². The molecule has 6 heteroatoms. The molecule has 0 heterocycles. The third-order valence-corrected chi connectivity index (χ3v) is 4.83. The van der Waals surface area contributed by atoms with Gasteiger partial charge in [-0.1, -0.05) is 20.8 Å². The molecule has 0 saturated carbocycles. The zero-order chi connectivity index (χ0) is 15.5. The van der Waals surface area contributed by atoms with Gasteiger partial charge in [-0.05, 0) is 23.1 Å². The highest BCUT2D eigenvalue weighted by Crippen LogP contribution is 2.41. The van der Waals surface area contributed by atoms with E-state index >= 15 is 0 Å². The molecule has 0 aromatic heterocycles. The number of hydrogen-bond donors (Lipinski definition) is 1. The van der Waals surface area contributed by atoms with Gasteiger partial charge in [0.25, 0.3) is 0 Å². The number of phenolic OH excluding ortho intramolecular Hbond substituents is 1. The average molecular weight is 332 g/mol. The van der Waals surface area contributed by atoms with Crippen molar-refractivity contribution in [2.24, 2.45) is 0 Å². The second-order valence-electron chi connectivity index (χ2n) is 5.90. The fourth-order valence-electron chi connectivity index (χ4n) is 1.94. The summed E-state index contributed by atoms with van der Waals surface area (Å²) in [6.07, 6.45) is 2.35. The quantitative estimate of drug-likeness (QED) is 0.837. The van der Waals surface area contributed by atoms with E-state index < -0.39 is 0 Å². The second-order valence-corrected chi connectivity index (χ2v) is 6.99. The minimum atomic E-state index is 0.0480. The summed E-state index contributed by atoms with van der Waals surface area (Å²) in [7, 11) is 10.1. The maximum absolute atomic E-state index is 10.6. The maximum atomic E-state index is 10.6. The van der Waals surface area contributed by atoms with Gasteiger partial charge in [0.05, 0.1) is 11.4 Å². The lowest BCUT2D eigenvalue weighted by atomic mass is 9.86. The van der Waals surface area contributed by atoms with Gasteiger partial charge in [-0.15, -0.1) is 27.7 Å². The molecule has 1 aromatic rings. The zero-order valence-corrected chi connectivity index (χ0v) is 16.3.